The second-order valence-corrected chi connectivity index (χ2v) is 6.74. The molecule has 0 aliphatic rings. The van der Waals surface area contributed by atoms with Crippen LogP contribution in [-0.4, -0.2) is 27.8 Å². The van der Waals surface area contributed by atoms with Gasteiger partial charge in [-0.1, -0.05) is 24.3 Å². The quantitative estimate of drug-likeness (QED) is 0.371. The van der Waals surface area contributed by atoms with E-state index in [0.717, 1.165) is 22.5 Å². The minimum Gasteiger partial charge on any atom is -0.465 e. The van der Waals surface area contributed by atoms with Gasteiger partial charge in [0.05, 0.1) is 29.8 Å². The van der Waals surface area contributed by atoms with Crippen molar-refractivity contribution < 1.29 is 14.5 Å². The van der Waals surface area contributed by atoms with Gasteiger partial charge in [-0.15, -0.1) is 0 Å². The van der Waals surface area contributed by atoms with Crippen LogP contribution in [0.3, 0.4) is 0 Å². The molecular formula is C21H22N4O4. The Labute approximate surface area is 168 Å². The lowest BCUT2D eigenvalue weighted by Gasteiger charge is -2.12. The van der Waals surface area contributed by atoms with Crippen LogP contribution in [-0.2, 0) is 17.8 Å². The minimum atomic E-state index is -0.630. The molecule has 2 aromatic carbocycles. The van der Waals surface area contributed by atoms with Gasteiger partial charge < -0.3 is 10.1 Å². The molecule has 0 unspecified atom stereocenters. The number of nitro groups is 1. The first kappa shape index (κ1) is 20.1. The van der Waals surface area contributed by atoms with E-state index in [1.54, 1.807) is 0 Å². The van der Waals surface area contributed by atoms with Gasteiger partial charge in [-0.25, -0.2) is 4.79 Å². The second-order valence-electron chi connectivity index (χ2n) is 6.74. The Bertz CT molecular complexity index is 1060. The normalized spacial score (nSPS) is 10.6. The van der Waals surface area contributed by atoms with Gasteiger partial charge in [-0.3, -0.25) is 14.8 Å². The molecule has 0 bridgehead atoms. The molecule has 29 heavy (non-hydrogen) atoms. The number of nitro benzene ring substituents is 1. The average Bonchev–Trinajstić information content (AvgIpc) is 3.02. The molecule has 3 rings (SSSR count). The van der Waals surface area contributed by atoms with E-state index in [-0.39, 0.29) is 11.3 Å². The van der Waals surface area contributed by atoms with Crippen LogP contribution in [0.1, 0.15) is 32.9 Å². The van der Waals surface area contributed by atoms with Crippen LogP contribution >= 0.6 is 0 Å². The van der Waals surface area contributed by atoms with E-state index in [1.165, 1.54) is 25.3 Å². The number of rotatable bonds is 7. The molecule has 0 saturated heterocycles. The maximum absolute atomic E-state index is 12.0. The standard InChI is InChI=1S/C21H22N4O4/c1-14-9-15(2)24(23-14)13-17-6-4-5-16(10-17)12-22-20-8-7-18(25(27)28)11-19(20)21(26)29-3/h4-11,22H,12-13H2,1-3H3. The zero-order valence-electron chi connectivity index (χ0n) is 16.5. The third kappa shape index (κ3) is 4.78. The van der Waals surface area contributed by atoms with Crippen LogP contribution in [0, 0.1) is 24.0 Å². The first-order chi connectivity index (χ1) is 13.9. The summed E-state index contributed by atoms with van der Waals surface area (Å²) < 4.78 is 6.70. The third-order valence-corrected chi connectivity index (χ3v) is 4.53. The molecule has 1 N–H and O–H groups in total. The molecule has 3 aromatic rings. The lowest BCUT2D eigenvalue weighted by molar-refractivity contribution is -0.384. The van der Waals surface area contributed by atoms with Crippen molar-refractivity contribution in [3.8, 4) is 0 Å². The lowest BCUT2D eigenvalue weighted by atomic mass is 10.1. The van der Waals surface area contributed by atoms with Crippen molar-refractivity contribution in [3.63, 3.8) is 0 Å². The van der Waals surface area contributed by atoms with Crippen molar-refractivity contribution in [2.24, 2.45) is 0 Å². The summed E-state index contributed by atoms with van der Waals surface area (Å²) in [6.07, 6.45) is 0. The number of aromatic nitrogens is 2. The van der Waals surface area contributed by atoms with E-state index in [0.29, 0.717) is 18.8 Å². The summed E-state index contributed by atoms with van der Waals surface area (Å²) in [5.74, 6) is -0.630. The molecule has 0 saturated carbocycles. The van der Waals surface area contributed by atoms with Crippen molar-refractivity contribution in [1.29, 1.82) is 0 Å². The fourth-order valence-corrected chi connectivity index (χ4v) is 3.12. The molecule has 0 aliphatic heterocycles. The van der Waals surface area contributed by atoms with Gasteiger partial charge in [-0.05, 0) is 37.1 Å². The molecule has 8 nitrogen and oxygen atoms in total. The fraction of sp³-hybridized carbons (Fsp3) is 0.238. The van der Waals surface area contributed by atoms with Gasteiger partial charge >= 0.3 is 5.97 Å². The highest BCUT2D eigenvalue weighted by molar-refractivity contribution is 5.96. The predicted molar refractivity (Wildman–Crippen MR) is 109 cm³/mol. The monoisotopic (exact) mass is 394 g/mol. The second kappa shape index (κ2) is 8.55. The van der Waals surface area contributed by atoms with Gasteiger partial charge in [0.25, 0.3) is 5.69 Å². The summed E-state index contributed by atoms with van der Waals surface area (Å²) in [7, 11) is 1.24. The number of nitrogens with one attached hydrogen (secondary N) is 1. The number of esters is 1. The summed E-state index contributed by atoms with van der Waals surface area (Å²) in [5, 5.41) is 18.7. The van der Waals surface area contributed by atoms with Gasteiger partial charge in [0.15, 0.2) is 0 Å². The van der Waals surface area contributed by atoms with Crippen LogP contribution in [0.25, 0.3) is 0 Å². The number of non-ortho nitro benzene ring substituents is 1. The Morgan fingerprint density at radius 2 is 1.93 bits per heavy atom. The number of carbonyl (C=O) groups is 1. The van der Waals surface area contributed by atoms with Crippen LogP contribution in [0.15, 0.2) is 48.5 Å². The summed E-state index contributed by atoms with van der Waals surface area (Å²) in [6.45, 7) is 5.10. The van der Waals surface area contributed by atoms with E-state index in [1.807, 2.05) is 42.8 Å². The Morgan fingerprint density at radius 3 is 2.59 bits per heavy atom. The number of ether oxygens (including phenoxy) is 1. The number of methoxy groups -OCH3 is 1. The molecule has 1 heterocycles. The molecular weight excluding hydrogens is 372 g/mol. The van der Waals surface area contributed by atoms with Crippen molar-refractivity contribution in [3.05, 3.63) is 86.7 Å². The van der Waals surface area contributed by atoms with Crippen LogP contribution < -0.4 is 5.32 Å². The zero-order valence-corrected chi connectivity index (χ0v) is 16.5. The van der Waals surface area contributed by atoms with E-state index >= 15 is 0 Å². The Hall–Kier alpha value is -3.68. The number of carbonyl (C=O) groups excluding carboxylic acids is 1. The van der Waals surface area contributed by atoms with E-state index in [2.05, 4.69) is 16.5 Å². The number of nitrogens with zero attached hydrogens (tertiary/aromatic N) is 3. The maximum Gasteiger partial charge on any atom is 0.340 e. The molecule has 0 spiro atoms. The molecule has 8 heteroatoms. The minimum absolute atomic E-state index is 0.125. The maximum atomic E-state index is 12.0. The number of hydrogen-bond donors (Lipinski definition) is 1. The van der Waals surface area contributed by atoms with Crippen LogP contribution in [0.2, 0.25) is 0 Å². The first-order valence-corrected chi connectivity index (χ1v) is 9.07. The topological polar surface area (TPSA) is 99.3 Å². The molecule has 1 aromatic heterocycles. The van der Waals surface area contributed by atoms with Crippen LogP contribution in [0.4, 0.5) is 11.4 Å². The van der Waals surface area contributed by atoms with Gasteiger partial charge in [-0.2, -0.15) is 5.10 Å². The number of anilines is 1. The highest BCUT2D eigenvalue weighted by atomic mass is 16.6. The first-order valence-electron chi connectivity index (χ1n) is 9.07. The molecule has 0 amide bonds. The molecule has 0 fully saturated rings. The number of hydrogen-bond acceptors (Lipinski definition) is 6. The molecule has 150 valence electrons. The molecule has 0 radical (unpaired) electrons. The summed E-state index contributed by atoms with van der Waals surface area (Å²) in [6, 6.07) is 14.2. The van der Waals surface area contributed by atoms with Crippen molar-refractivity contribution >= 4 is 17.3 Å². The van der Waals surface area contributed by atoms with Crippen LogP contribution in [0.5, 0.6) is 0 Å². The van der Waals surface area contributed by atoms with Crippen molar-refractivity contribution in [2.75, 3.05) is 12.4 Å². The van der Waals surface area contributed by atoms with Crippen molar-refractivity contribution in [1.82, 2.24) is 9.78 Å². The lowest BCUT2D eigenvalue weighted by Crippen LogP contribution is -2.09. The Balaban J connectivity index is 1.77. The Morgan fingerprint density at radius 1 is 1.17 bits per heavy atom. The highest BCUT2D eigenvalue weighted by Gasteiger charge is 2.17. The third-order valence-electron chi connectivity index (χ3n) is 4.53. The van der Waals surface area contributed by atoms with Gasteiger partial charge in [0.1, 0.15) is 0 Å². The zero-order chi connectivity index (χ0) is 21.0. The average molecular weight is 394 g/mol. The summed E-state index contributed by atoms with van der Waals surface area (Å²) in [5.41, 5.74) is 4.63. The molecule has 0 atom stereocenters. The van der Waals surface area contributed by atoms with E-state index in [9.17, 15) is 14.9 Å². The Kier molecular flexibility index (Phi) is 5.92. The largest absolute Gasteiger partial charge is 0.465 e. The number of aryl methyl sites for hydroxylation is 2. The fourth-order valence-electron chi connectivity index (χ4n) is 3.12. The SMILES string of the molecule is COC(=O)c1cc([N+](=O)[O-])ccc1NCc1cccc(Cn2nc(C)cc2C)c1. The number of benzene rings is 2. The molecule has 0 aliphatic carbocycles. The summed E-state index contributed by atoms with van der Waals surface area (Å²) in [4.78, 5) is 22.5. The van der Waals surface area contributed by atoms with E-state index in [4.69, 9.17) is 4.74 Å². The summed E-state index contributed by atoms with van der Waals surface area (Å²) >= 11 is 0. The smallest absolute Gasteiger partial charge is 0.340 e. The van der Waals surface area contributed by atoms with Gasteiger partial charge in [0, 0.05) is 30.1 Å². The highest BCUT2D eigenvalue weighted by Crippen LogP contribution is 2.24. The predicted octanol–water partition coefficient (Wildman–Crippen LogP) is 3.86. The van der Waals surface area contributed by atoms with E-state index < -0.39 is 10.9 Å². The van der Waals surface area contributed by atoms with Gasteiger partial charge in [0.2, 0.25) is 0 Å². The van der Waals surface area contributed by atoms with Crippen molar-refractivity contribution in [2.45, 2.75) is 26.9 Å².